The summed E-state index contributed by atoms with van der Waals surface area (Å²) < 4.78 is 37.7. The highest BCUT2D eigenvalue weighted by Crippen LogP contribution is 2.37. The van der Waals surface area contributed by atoms with Crippen LogP contribution >= 0.6 is 0 Å². The highest BCUT2D eigenvalue weighted by atomic mass is 19.1. The molecule has 32 heavy (non-hydrogen) atoms. The molecule has 1 aliphatic rings. The van der Waals surface area contributed by atoms with Gasteiger partial charge in [0.2, 0.25) is 0 Å². The van der Waals surface area contributed by atoms with E-state index in [0.717, 1.165) is 4.90 Å². The van der Waals surface area contributed by atoms with Crippen molar-refractivity contribution in [2.75, 3.05) is 24.4 Å². The van der Waals surface area contributed by atoms with Crippen LogP contribution < -0.4 is 19.7 Å². The molecule has 0 saturated carbocycles. The number of carbonyl (C=O) groups excluding carboxylic acids is 2. The maximum absolute atomic E-state index is 13.7. The standard InChI is InChI=1S/C24H18F2N2O4/c1-31-19-11-18(12-20(13-19)32-2)28-23(29)21(14-6-8-15(25)9-7-14)22(24(28)30)27-17-5-3-4-16(26)10-17/h3-13,27H,1-2H3. The van der Waals surface area contributed by atoms with E-state index >= 15 is 0 Å². The van der Waals surface area contributed by atoms with E-state index in [4.69, 9.17) is 9.47 Å². The number of ether oxygens (including phenoxy) is 2. The SMILES string of the molecule is COc1cc(OC)cc(N2C(=O)C(Nc3cccc(F)c3)=C(c3ccc(F)cc3)C2=O)c1. The molecule has 0 saturated heterocycles. The van der Waals surface area contributed by atoms with Gasteiger partial charge in [0.05, 0.1) is 25.5 Å². The van der Waals surface area contributed by atoms with Crippen LogP contribution in [0.3, 0.4) is 0 Å². The lowest BCUT2D eigenvalue weighted by atomic mass is 10.0. The Labute approximate surface area is 182 Å². The van der Waals surface area contributed by atoms with Crippen molar-refractivity contribution in [3.63, 3.8) is 0 Å². The first-order valence-corrected chi connectivity index (χ1v) is 9.56. The maximum Gasteiger partial charge on any atom is 0.282 e. The Morgan fingerprint density at radius 2 is 1.44 bits per heavy atom. The zero-order valence-electron chi connectivity index (χ0n) is 17.2. The molecule has 6 nitrogen and oxygen atoms in total. The number of anilines is 2. The van der Waals surface area contributed by atoms with Crippen molar-refractivity contribution < 1.29 is 27.8 Å². The predicted molar refractivity (Wildman–Crippen MR) is 115 cm³/mol. The molecule has 0 aliphatic carbocycles. The summed E-state index contributed by atoms with van der Waals surface area (Å²) in [5.74, 6) is -1.51. The quantitative estimate of drug-likeness (QED) is 0.581. The Kier molecular flexibility index (Phi) is 5.59. The summed E-state index contributed by atoms with van der Waals surface area (Å²) in [4.78, 5) is 27.8. The van der Waals surface area contributed by atoms with Gasteiger partial charge in [0.1, 0.15) is 28.8 Å². The molecule has 0 atom stereocenters. The third-order valence-corrected chi connectivity index (χ3v) is 4.91. The van der Waals surface area contributed by atoms with E-state index in [2.05, 4.69) is 5.32 Å². The predicted octanol–water partition coefficient (Wildman–Crippen LogP) is 4.38. The van der Waals surface area contributed by atoms with E-state index in [1.807, 2.05) is 0 Å². The molecular formula is C24H18F2N2O4. The zero-order chi connectivity index (χ0) is 22.8. The van der Waals surface area contributed by atoms with Crippen molar-refractivity contribution in [1.29, 1.82) is 0 Å². The van der Waals surface area contributed by atoms with E-state index in [1.54, 1.807) is 12.1 Å². The van der Waals surface area contributed by atoms with E-state index in [9.17, 15) is 18.4 Å². The van der Waals surface area contributed by atoms with Gasteiger partial charge in [0, 0.05) is 23.9 Å². The molecule has 162 valence electrons. The van der Waals surface area contributed by atoms with Crippen LogP contribution in [0.2, 0.25) is 0 Å². The lowest BCUT2D eigenvalue weighted by Crippen LogP contribution is -2.32. The smallest absolute Gasteiger partial charge is 0.282 e. The molecule has 3 aromatic carbocycles. The topological polar surface area (TPSA) is 67.9 Å². The number of hydrogen-bond donors (Lipinski definition) is 1. The first-order chi connectivity index (χ1) is 15.4. The highest BCUT2D eigenvalue weighted by Gasteiger charge is 2.40. The lowest BCUT2D eigenvalue weighted by molar-refractivity contribution is -0.120. The largest absolute Gasteiger partial charge is 0.497 e. The van der Waals surface area contributed by atoms with E-state index in [-0.39, 0.29) is 22.6 Å². The van der Waals surface area contributed by atoms with Gasteiger partial charge in [-0.05, 0) is 35.9 Å². The minimum atomic E-state index is -0.658. The molecule has 0 fully saturated rings. The number of methoxy groups -OCH3 is 2. The Morgan fingerprint density at radius 1 is 0.781 bits per heavy atom. The molecule has 0 bridgehead atoms. The number of halogens is 2. The van der Waals surface area contributed by atoms with Crippen LogP contribution in [-0.4, -0.2) is 26.0 Å². The Balaban J connectivity index is 1.84. The highest BCUT2D eigenvalue weighted by molar-refractivity contribution is 6.46. The molecule has 0 unspecified atom stereocenters. The van der Waals surface area contributed by atoms with Crippen molar-refractivity contribution in [3.05, 3.63) is 89.6 Å². The first-order valence-electron chi connectivity index (χ1n) is 9.56. The van der Waals surface area contributed by atoms with Crippen LogP contribution in [0, 0.1) is 11.6 Å². The lowest BCUT2D eigenvalue weighted by Gasteiger charge is -2.17. The molecule has 0 radical (unpaired) electrons. The van der Waals surface area contributed by atoms with Crippen LogP contribution in [0.4, 0.5) is 20.2 Å². The van der Waals surface area contributed by atoms with Crippen molar-refractivity contribution in [2.45, 2.75) is 0 Å². The zero-order valence-corrected chi connectivity index (χ0v) is 17.2. The number of rotatable bonds is 6. The molecule has 4 rings (SSSR count). The second-order valence-corrected chi connectivity index (χ2v) is 6.91. The van der Waals surface area contributed by atoms with Crippen molar-refractivity contribution in [1.82, 2.24) is 0 Å². The summed E-state index contributed by atoms with van der Waals surface area (Å²) in [5.41, 5.74) is 0.814. The monoisotopic (exact) mass is 436 g/mol. The molecule has 2 amide bonds. The Hall–Kier alpha value is -4.20. The molecule has 0 aromatic heterocycles. The van der Waals surface area contributed by atoms with Gasteiger partial charge < -0.3 is 14.8 Å². The van der Waals surface area contributed by atoms with Crippen LogP contribution in [0.25, 0.3) is 5.57 Å². The van der Waals surface area contributed by atoms with Gasteiger partial charge in [-0.1, -0.05) is 18.2 Å². The summed E-state index contributed by atoms with van der Waals surface area (Å²) >= 11 is 0. The van der Waals surface area contributed by atoms with Crippen LogP contribution in [-0.2, 0) is 9.59 Å². The van der Waals surface area contributed by atoms with Gasteiger partial charge in [-0.25, -0.2) is 13.7 Å². The summed E-state index contributed by atoms with van der Waals surface area (Å²) in [6.07, 6.45) is 0. The maximum atomic E-state index is 13.7. The van der Waals surface area contributed by atoms with E-state index < -0.39 is 23.4 Å². The summed E-state index contributed by atoms with van der Waals surface area (Å²) in [5, 5.41) is 2.85. The minimum absolute atomic E-state index is 0.0287. The van der Waals surface area contributed by atoms with E-state index in [0.29, 0.717) is 17.1 Å². The summed E-state index contributed by atoms with van der Waals surface area (Å²) in [6, 6.07) is 15.3. The fourth-order valence-corrected chi connectivity index (χ4v) is 3.40. The molecule has 3 aromatic rings. The van der Waals surface area contributed by atoms with Gasteiger partial charge >= 0.3 is 0 Å². The fourth-order valence-electron chi connectivity index (χ4n) is 3.40. The third kappa shape index (κ3) is 3.90. The molecule has 8 heteroatoms. The van der Waals surface area contributed by atoms with Gasteiger partial charge in [-0.2, -0.15) is 0 Å². The van der Waals surface area contributed by atoms with Gasteiger partial charge in [-0.3, -0.25) is 9.59 Å². The van der Waals surface area contributed by atoms with Crippen molar-refractivity contribution >= 4 is 28.8 Å². The number of amides is 2. The second kappa shape index (κ2) is 8.50. The molecule has 1 aliphatic heterocycles. The second-order valence-electron chi connectivity index (χ2n) is 6.91. The normalized spacial score (nSPS) is 13.6. The van der Waals surface area contributed by atoms with Gasteiger partial charge in [0.15, 0.2) is 0 Å². The van der Waals surface area contributed by atoms with Gasteiger partial charge in [0.25, 0.3) is 11.8 Å². The van der Waals surface area contributed by atoms with Crippen LogP contribution in [0.5, 0.6) is 11.5 Å². The fraction of sp³-hybridized carbons (Fsp3) is 0.0833. The molecule has 1 N–H and O–H groups in total. The molecule has 1 heterocycles. The number of nitrogens with one attached hydrogen (secondary N) is 1. The average Bonchev–Trinajstić information content (AvgIpc) is 3.03. The average molecular weight is 436 g/mol. The first kappa shape index (κ1) is 21.0. The minimum Gasteiger partial charge on any atom is -0.497 e. The summed E-state index contributed by atoms with van der Waals surface area (Å²) in [7, 11) is 2.90. The van der Waals surface area contributed by atoms with Crippen molar-refractivity contribution in [2.24, 2.45) is 0 Å². The van der Waals surface area contributed by atoms with E-state index in [1.165, 1.54) is 68.8 Å². The van der Waals surface area contributed by atoms with Crippen LogP contribution in [0.1, 0.15) is 5.56 Å². The third-order valence-electron chi connectivity index (χ3n) is 4.91. The van der Waals surface area contributed by atoms with Crippen LogP contribution in [0.15, 0.2) is 72.4 Å². The number of imide groups is 1. The molecular weight excluding hydrogens is 418 g/mol. The number of nitrogens with zero attached hydrogens (tertiary/aromatic N) is 1. The number of carbonyl (C=O) groups is 2. The van der Waals surface area contributed by atoms with Crippen molar-refractivity contribution in [3.8, 4) is 11.5 Å². The van der Waals surface area contributed by atoms with Gasteiger partial charge in [-0.15, -0.1) is 0 Å². The molecule has 0 spiro atoms. The Morgan fingerprint density at radius 3 is 2.03 bits per heavy atom. The summed E-state index contributed by atoms with van der Waals surface area (Å²) in [6.45, 7) is 0. The number of hydrogen-bond acceptors (Lipinski definition) is 5. The Bertz CT molecular complexity index is 1220. The number of benzene rings is 3.